The van der Waals surface area contributed by atoms with E-state index in [0.29, 0.717) is 49.0 Å². The van der Waals surface area contributed by atoms with Gasteiger partial charge in [0.05, 0.1) is 30.2 Å². The molecule has 5 atom stereocenters. The molecule has 0 unspecified atom stereocenters. The first-order chi connectivity index (χ1) is 24.2. The van der Waals surface area contributed by atoms with Crippen LogP contribution in [0.25, 0.3) is 0 Å². The topological polar surface area (TPSA) is 97.4 Å². The number of aryl methyl sites for hydroxylation is 1. The number of hydrogen-bond acceptors (Lipinski definition) is 8. The predicted molar refractivity (Wildman–Crippen MR) is 196 cm³/mol. The molecular formula is C39H54ClN3O6S. The summed E-state index contributed by atoms with van der Waals surface area (Å²) in [6.45, 7) is 9.36. The first kappa shape index (κ1) is 36.0. The van der Waals surface area contributed by atoms with Crippen LogP contribution in [0.5, 0.6) is 5.75 Å². The Morgan fingerprint density at radius 1 is 0.840 bits per heavy atom. The van der Waals surface area contributed by atoms with Gasteiger partial charge < -0.3 is 19.1 Å². The average Bonchev–Trinajstić information content (AvgIpc) is 3.63. The maximum atomic E-state index is 13.6. The molecule has 2 aromatic carbocycles. The number of hydrogen-bond donors (Lipinski definition) is 1. The number of rotatable bonds is 2. The highest BCUT2D eigenvalue weighted by Crippen LogP contribution is 2.46. The number of halogens is 1. The number of anilines is 1. The minimum atomic E-state index is -3.90. The third-order valence-electron chi connectivity index (χ3n) is 12.4. The van der Waals surface area contributed by atoms with Crippen molar-refractivity contribution in [3.8, 4) is 5.75 Å². The zero-order valence-corrected chi connectivity index (χ0v) is 31.2. The summed E-state index contributed by atoms with van der Waals surface area (Å²) in [5, 5.41) is 0.00779. The van der Waals surface area contributed by atoms with Crippen LogP contribution in [0.1, 0.15) is 93.1 Å². The number of ether oxygens (including phenoxy) is 3. The molecule has 1 aliphatic carbocycles. The van der Waals surface area contributed by atoms with Crippen LogP contribution < -0.4 is 14.4 Å². The molecule has 2 bridgehead atoms. The summed E-state index contributed by atoms with van der Waals surface area (Å²) in [7, 11) is -3.90. The Bertz CT molecular complexity index is 1610. The van der Waals surface area contributed by atoms with Crippen molar-refractivity contribution in [2.24, 2.45) is 23.7 Å². The molecule has 11 heteroatoms. The van der Waals surface area contributed by atoms with Crippen LogP contribution in [0.15, 0.2) is 36.4 Å². The van der Waals surface area contributed by atoms with Crippen molar-refractivity contribution in [3.05, 3.63) is 58.1 Å². The molecule has 1 saturated carbocycles. The van der Waals surface area contributed by atoms with Gasteiger partial charge in [0, 0.05) is 29.6 Å². The number of amides is 1. The molecule has 0 radical (unpaired) electrons. The summed E-state index contributed by atoms with van der Waals surface area (Å²) < 4.78 is 49.1. The zero-order valence-electron chi connectivity index (χ0n) is 29.7. The van der Waals surface area contributed by atoms with Gasteiger partial charge in [0.25, 0.3) is 5.91 Å². The number of carbonyl (C=O) groups excluding carboxylic acids is 1. The Hall–Kier alpha value is -2.37. The minimum Gasteiger partial charge on any atom is -0.487 e. The molecule has 3 fully saturated rings. The number of nitrogens with one attached hydrogen (secondary N) is 1. The largest absolute Gasteiger partial charge is 0.487 e. The number of nitrogens with zero attached hydrogens (tertiary/aromatic N) is 2. The van der Waals surface area contributed by atoms with Crippen LogP contribution in [0, 0.1) is 23.7 Å². The Morgan fingerprint density at radius 2 is 1.62 bits per heavy atom. The van der Waals surface area contributed by atoms with Gasteiger partial charge >= 0.3 is 0 Å². The van der Waals surface area contributed by atoms with Crippen LogP contribution in [0.3, 0.4) is 0 Å². The number of fused-ring (bicyclic) bond motifs is 3. The fourth-order valence-corrected chi connectivity index (χ4v) is 10.4. The number of benzene rings is 2. The predicted octanol–water partition coefficient (Wildman–Crippen LogP) is 6.81. The van der Waals surface area contributed by atoms with E-state index in [1.54, 1.807) is 13.0 Å². The zero-order chi connectivity index (χ0) is 34.8. The van der Waals surface area contributed by atoms with E-state index in [-0.39, 0.29) is 18.1 Å². The van der Waals surface area contributed by atoms with Gasteiger partial charge in [-0.05, 0) is 137 Å². The standard InChI is InChI=1S/C39H54ClN3O6S/c1-26-8-7-10-35(39-48-24-33(25-49-39)42-17-5-6-18-42)34-15-12-30(34)22-43-19-4-3-9-28-20-32(40)14-11-31(28)23-47-37-16-13-29(21-36(37)43)38(44)41-50(45,46)27(26)2/h11,13-14,16,20-21,26-27,30,33-35,39H,3-10,12,15,17-19,22-25H2,1-2H3,(H,41,44)/t26-,27+,30-,33-,34+,35+,39+/m0/s1. The van der Waals surface area contributed by atoms with E-state index in [2.05, 4.69) is 14.5 Å². The van der Waals surface area contributed by atoms with Gasteiger partial charge in [0.1, 0.15) is 12.4 Å². The quantitative estimate of drug-likeness (QED) is 0.361. The Balaban J connectivity index is 1.20. The lowest BCUT2D eigenvalue weighted by atomic mass is 9.65. The molecule has 0 aromatic heterocycles. The molecule has 2 saturated heterocycles. The van der Waals surface area contributed by atoms with Gasteiger partial charge in [-0.2, -0.15) is 0 Å². The monoisotopic (exact) mass is 727 g/mol. The smallest absolute Gasteiger partial charge is 0.264 e. The normalized spacial score (nSPS) is 32.7. The number of carbonyl (C=O) groups is 1. The van der Waals surface area contributed by atoms with Crippen LogP contribution in [0.2, 0.25) is 5.02 Å². The third-order valence-corrected chi connectivity index (χ3v) is 14.5. The van der Waals surface area contributed by atoms with Crippen LogP contribution in [0.4, 0.5) is 5.69 Å². The van der Waals surface area contributed by atoms with Crippen molar-refractivity contribution in [2.75, 3.05) is 44.3 Å². The van der Waals surface area contributed by atoms with E-state index >= 15 is 0 Å². The second kappa shape index (κ2) is 15.7. The summed E-state index contributed by atoms with van der Waals surface area (Å²) in [5.74, 6) is 1.09. The van der Waals surface area contributed by atoms with E-state index in [4.69, 9.17) is 25.8 Å². The summed E-state index contributed by atoms with van der Waals surface area (Å²) >= 11 is 6.39. The van der Waals surface area contributed by atoms with Crippen LogP contribution in [-0.4, -0.2) is 76.2 Å². The van der Waals surface area contributed by atoms with Gasteiger partial charge in [-0.25, -0.2) is 13.1 Å². The highest BCUT2D eigenvalue weighted by molar-refractivity contribution is 7.90. The van der Waals surface area contributed by atoms with Crippen LogP contribution in [-0.2, 0) is 32.5 Å². The van der Waals surface area contributed by atoms with E-state index < -0.39 is 21.2 Å². The van der Waals surface area contributed by atoms with Gasteiger partial charge in [0.15, 0.2) is 6.29 Å². The van der Waals surface area contributed by atoms with E-state index in [0.717, 1.165) is 93.8 Å². The fourth-order valence-electron chi connectivity index (χ4n) is 8.87. The molecule has 1 amide bonds. The average molecular weight is 728 g/mol. The molecule has 1 N–H and O–H groups in total. The second-order valence-electron chi connectivity index (χ2n) is 15.5. The van der Waals surface area contributed by atoms with Gasteiger partial charge in [-0.1, -0.05) is 31.0 Å². The molecule has 274 valence electrons. The van der Waals surface area contributed by atoms with Crippen LogP contribution >= 0.6 is 11.6 Å². The maximum Gasteiger partial charge on any atom is 0.264 e. The highest BCUT2D eigenvalue weighted by atomic mass is 35.5. The van der Waals surface area contributed by atoms with Crippen molar-refractivity contribution in [1.82, 2.24) is 9.62 Å². The summed E-state index contributed by atoms with van der Waals surface area (Å²) in [5.41, 5.74) is 3.45. The molecule has 50 heavy (non-hydrogen) atoms. The van der Waals surface area contributed by atoms with Crippen molar-refractivity contribution in [3.63, 3.8) is 0 Å². The Labute approximate surface area is 303 Å². The van der Waals surface area contributed by atoms with E-state index in [9.17, 15) is 13.2 Å². The molecule has 4 aliphatic heterocycles. The minimum absolute atomic E-state index is 0.118. The summed E-state index contributed by atoms with van der Waals surface area (Å²) in [6, 6.07) is 11.6. The molecule has 4 heterocycles. The number of sulfonamides is 1. The molecule has 9 nitrogen and oxygen atoms in total. The summed E-state index contributed by atoms with van der Waals surface area (Å²) in [6.07, 6.45) is 9.93. The fraction of sp³-hybridized carbons (Fsp3) is 0.667. The number of likely N-dealkylation sites (tertiary alicyclic amines) is 1. The van der Waals surface area contributed by atoms with Crippen molar-refractivity contribution >= 4 is 33.2 Å². The maximum absolute atomic E-state index is 13.6. The van der Waals surface area contributed by atoms with Gasteiger partial charge in [0.2, 0.25) is 10.0 Å². The van der Waals surface area contributed by atoms with E-state index in [1.165, 1.54) is 18.4 Å². The Morgan fingerprint density at radius 3 is 2.38 bits per heavy atom. The third kappa shape index (κ3) is 7.99. The van der Waals surface area contributed by atoms with Crippen molar-refractivity contribution in [1.29, 1.82) is 0 Å². The lowest BCUT2D eigenvalue weighted by molar-refractivity contribution is -0.242. The Kier molecular flexibility index (Phi) is 11.3. The van der Waals surface area contributed by atoms with Gasteiger partial charge in [-0.15, -0.1) is 0 Å². The molecular weight excluding hydrogens is 674 g/mol. The van der Waals surface area contributed by atoms with Crippen molar-refractivity contribution in [2.45, 2.75) is 102 Å². The molecule has 2 aromatic rings. The SMILES string of the molecule is C[C@@H]1[C@@H](C)CCC[C@@H]([C@H]2OC[C@@H](N3CCCC3)CO2)[C@@H]2CC[C@H]2CN2CCCCc3cc(Cl)ccc3COc3ccc(cc32)C(=O)NS1(=O)=O. The van der Waals surface area contributed by atoms with E-state index in [1.807, 2.05) is 37.3 Å². The van der Waals surface area contributed by atoms with Crippen molar-refractivity contribution < 1.29 is 27.4 Å². The molecule has 0 spiro atoms. The van der Waals surface area contributed by atoms with Gasteiger partial charge in [-0.3, -0.25) is 9.69 Å². The summed E-state index contributed by atoms with van der Waals surface area (Å²) in [4.78, 5) is 18.5. The first-order valence-corrected chi connectivity index (χ1v) is 20.9. The lowest BCUT2D eigenvalue weighted by Gasteiger charge is -2.48. The molecule has 7 rings (SSSR count). The first-order valence-electron chi connectivity index (χ1n) is 19.0. The second-order valence-corrected chi connectivity index (χ2v) is 17.9. The highest BCUT2D eigenvalue weighted by Gasteiger charge is 2.44. The lowest BCUT2D eigenvalue weighted by Crippen LogP contribution is -2.51. The molecule has 5 aliphatic rings.